The number of hydrogen-bond donors (Lipinski definition) is 2. The van der Waals surface area contributed by atoms with Crippen LogP contribution in [0.4, 0.5) is 5.69 Å². The molecular formula is C15H19N3O. The average Bonchev–Trinajstić information content (AvgIpc) is 2.45. The molecule has 100 valence electrons. The molecule has 0 saturated carbocycles. The molecule has 3 N–H and O–H groups in total. The number of nitrogens with one attached hydrogen (secondary N) is 1. The Balaban J connectivity index is 2.15. The van der Waals surface area contributed by atoms with Gasteiger partial charge < -0.3 is 11.1 Å². The summed E-state index contributed by atoms with van der Waals surface area (Å²) in [7, 11) is 0. The molecule has 2 aromatic rings. The van der Waals surface area contributed by atoms with Crippen LogP contribution >= 0.6 is 0 Å². The number of nitrogens with two attached hydrogens (primary N) is 1. The number of nitrogens with zero attached hydrogens (tertiary/aromatic N) is 1. The summed E-state index contributed by atoms with van der Waals surface area (Å²) >= 11 is 0. The van der Waals surface area contributed by atoms with Gasteiger partial charge in [0.15, 0.2) is 0 Å². The first kappa shape index (κ1) is 13.5. The number of benzene rings is 1. The first-order valence-electron chi connectivity index (χ1n) is 6.62. The zero-order valence-electron chi connectivity index (χ0n) is 11.1. The van der Waals surface area contributed by atoms with Gasteiger partial charge in [-0.15, -0.1) is 0 Å². The molecule has 0 spiro atoms. The number of aromatic nitrogens is 1. The predicted octanol–water partition coefficient (Wildman–Crippen LogP) is 2.69. The summed E-state index contributed by atoms with van der Waals surface area (Å²) in [6, 6.07) is 9.01. The lowest BCUT2D eigenvalue weighted by atomic mass is 10.1. The maximum Gasteiger partial charge on any atom is 0.241 e. The zero-order valence-corrected chi connectivity index (χ0v) is 11.1. The molecule has 0 radical (unpaired) electrons. The minimum atomic E-state index is -0.452. The molecule has 0 saturated heterocycles. The Kier molecular flexibility index (Phi) is 4.47. The average molecular weight is 257 g/mol. The van der Waals surface area contributed by atoms with Gasteiger partial charge in [0.25, 0.3) is 0 Å². The molecule has 0 fully saturated rings. The first-order chi connectivity index (χ1) is 9.22. The summed E-state index contributed by atoms with van der Waals surface area (Å²) in [5.41, 5.74) is 7.50. The lowest BCUT2D eigenvalue weighted by Crippen LogP contribution is -2.35. The van der Waals surface area contributed by atoms with Crippen LogP contribution in [0.2, 0.25) is 0 Å². The van der Waals surface area contributed by atoms with Gasteiger partial charge in [0, 0.05) is 11.6 Å². The molecule has 1 aromatic carbocycles. The normalized spacial score (nSPS) is 12.3. The summed E-state index contributed by atoms with van der Waals surface area (Å²) in [6.07, 6.45) is 4.46. The van der Waals surface area contributed by atoms with Crippen LogP contribution in [0.25, 0.3) is 10.9 Å². The smallest absolute Gasteiger partial charge is 0.241 e. The zero-order chi connectivity index (χ0) is 13.7. The monoisotopic (exact) mass is 257 g/mol. The Bertz CT molecular complexity index is 563. The molecule has 0 aliphatic heterocycles. The maximum absolute atomic E-state index is 12.0. The van der Waals surface area contributed by atoms with Crippen LogP contribution in [0.5, 0.6) is 0 Å². The van der Waals surface area contributed by atoms with E-state index in [9.17, 15) is 4.79 Å². The summed E-state index contributed by atoms with van der Waals surface area (Å²) < 4.78 is 0. The third kappa shape index (κ3) is 3.29. The molecule has 4 nitrogen and oxygen atoms in total. The van der Waals surface area contributed by atoms with Gasteiger partial charge in [0.1, 0.15) is 0 Å². The van der Waals surface area contributed by atoms with Gasteiger partial charge in [-0.25, -0.2) is 0 Å². The molecule has 0 aliphatic rings. The van der Waals surface area contributed by atoms with Crippen LogP contribution in [0.1, 0.15) is 26.2 Å². The van der Waals surface area contributed by atoms with E-state index in [1.54, 1.807) is 6.20 Å². The summed E-state index contributed by atoms with van der Waals surface area (Å²) in [5.74, 6) is -0.134. The predicted molar refractivity (Wildman–Crippen MR) is 77.9 cm³/mol. The molecule has 1 heterocycles. The summed E-state index contributed by atoms with van der Waals surface area (Å²) in [5, 5.41) is 3.82. The van der Waals surface area contributed by atoms with Crippen molar-refractivity contribution in [2.45, 2.75) is 32.2 Å². The second-order valence-corrected chi connectivity index (χ2v) is 4.61. The van der Waals surface area contributed by atoms with Crippen molar-refractivity contribution in [3.05, 3.63) is 36.5 Å². The van der Waals surface area contributed by atoms with Crippen molar-refractivity contribution in [2.24, 2.45) is 5.73 Å². The highest BCUT2D eigenvalue weighted by molar-refractivity contribution is 6.02. The van der Waals surface area contributed by atoms with Crippen molar-refractivity contribution >= 4 is 22.5 Å². The van der Waals surface area contributed by atoms with Gasteiger partial charge in [0.2, 0.25) is 5.91 Å². The third-order valence-corrected chi connectivity index (χ3v) is 3.11. The van der Waals surface area contributed by atoms with Crippen molar-refractivity contribution in [3.8, 4) is 0 Å². The molecule has 0 unspecified atom stereocenters. The molecular weight excluding hydrogens is 238 g/mol. The van der Waals surface area contributed by atoms with Crippen LogP contribution in [-0.4, -0.2) is 16.9 Å². The van der Waals surface area contributed by atoms with Gasteiger partial charge >= 0.3 is 0 Å². The number of fused-ring (bicyclic) bond motifs is 1. The second kappa shape index (κ2) is 6.29. The van der Waals surface area contributed by atoms with Gasteiger partial charge in [-0.1, -0.05) is 25.8 Å². The standard InChI is InChI=1S/C15H19N3O/c1-2-3-7-12(16)15(19)18-14-9-4-8-13-11(14)6-5-10-17-13/h4-6,8-10,12H,2-3,7,16H2,1H3,(H,18,19)/t12-/m0/s1. The van der Waals surface area contributed by atoms with E-state index >= 15 is 0 Å². The number of unbranched alkanes of at least 4 members (excludes halogenated alkanes) is 1. The largest absolute Gasteiger partial charge is 0.324 e. The van der Waals surface area contributed by atoms with E-state index in [1.165, 1.54) is 0 Å². The fourth-order valence-electron chi connectivity index (χ4n) is 1.99. The summed E-state index contributed by atoms with van der Waals surface area (Å²) in [4.78, 5) is 16.3. The van der Waals surface area contributed by atoms with Crippen molar-refractivity contribution < 1.29 is 4.79 Å². The van der Waals surface area contributed by atoms with E-state index in [-0.39, 0.29) is 5.91 Å². The van der Waals surface area contributed by atoms with Crippen molar-refractivity contribution in [2.75, 3.05) is 5.32 Å². The Morgan fingerprint density at radius 3 is 3.00 bits per heavy atom. The Labute approximate surface area is 113 Å². The molecule has 1 aromatic heterocycles. The molecule has 0 bridgehead atoms. The molecule has 2 rings (SSSR count). The van der Waals surface area contributed by atoms with E-state index < -0.39 is 6.04 Å². The van der Waals surface area contributed by atoms with Crippen molar-refractivity contribution in [1.29, 1.82) is 0 Å². The number of amides is 1. The summed E-state index contributed by atoms with van der Waals surface area (Å²) in [6.45, 7) is 2.08. The molecule has 1 atom stereocenters. The molecule has 4 heteroatoms. The fourth-order valence-corrected chi connectivity index (χ4v) is 1.99. The van der Waals surface area contributed by atoms with E-state index in [0.717, 1.165) is 29.4 Å². The van der Waals surface area contributed by atoms with Crippen LogP contribution in [0.3, 0.4) is 0 Å². The number of hydrogen-bond acceptors (Lipinski definition) is 3. The quantitative estimate of drug-likeness (QED) is 0.865. The van der Waals surface area contributed by atoms with Gasteiger partial charge in [-0.2, -0.15) is 0 Å². The number of pyridine rings is 1. The highest BCUT2D eigenvalue weighted by atomic mass is 16.2. The van der Waals surface area contributed by atoms with Crippen molar-refractivity contribution in [1.82, 2.24) is 4.98 Å². The van der Waals surface area contributed by atoms with Gasteiger partial charge in [-0.05, 0) is 30.7 Å². The topological polar surface area (TPSA) is 68.0 Å². The highest BCUT2D eigenvalue weighted by Crippen LogP contribution is 2.21. The van der Waals surface area contributed by atoms with Gasteiger partial charge in [0.05, 0.1) is 17.2 Å². The third-order valence-electron chi connectivity index (χ3n) is 3.11. The Morgan fingerprint density at radius 2 is 2.21 bits per heavy atom. The van der Waals surface area contributed by atoms with Crippen LogP contribution in [0, 0.1) is 0 Å². The highest BCUT2D eigenvalue weighted by Gasteiger charge is 2.13. The maximum atomic E-state index is 12.0. The number of carbonyl (C=O) groups excluding carboxylic acids is 1. The van der Waals surface area contributed by atoms with Crippen LogP contribution < -0.4 is 11.1 Å². The number of rotatable bonds is 5. The van der Waals surface area contributed by atoms with Crippen molar-refractivity contribution in [3.63, 3.8) is 0 Å². The first-order valence-corrected chi connectivity index (χ1v) is 6.62. The van der Waals surface area contributed by atoms with Crippen LogP contribution in [-0.2, 0) is 4.79 Å². The molecule has 0 aliphatic carbocycles. The minimum absolute atomic E-state index is 0.134. The molecule has 19 heavy (non-hydrogen) atoms. The number of anilines is 1. The number of carbonyl (C=O) groups is 1. The van der Waals surface area contributed by atoms with E-state index in [2.05, 4.69) is 17.2 Å². The Hall–Kier alpha value is -1.94. The molecule has 1 amide bonds. The lowest BCUT2D eigenvalue weighted by molar-refractivity contribution is -0.117. The van der Waals surface area contributed by atoms with E-state index in [1.807, 2.05) is 30.3 Å². The van der Waals surface area contributed by atoms with E-state index in [4.69, 9.17) is 5.73 Å². The lowest BCUT2D eigenvalue weighted by Gasteiger charge is -2.13. The Morgan fingerprint density at radius 1 is 1.37 bits per heavy atom. The van der Waals surface area contributed by atoms with E-state index in [0.29, 0.717) is 6.42 Å². The fraction of sp³-hybridized carbons (Fsp3) is 0.333. The van der Waals surface area contributed by atoms with Gasteiger partial charge in [-0.3, -0.25) is 9.78 Å². The SMILES string of the molecule is CCCC[C@H](N)C(=O)Nc1cccc2ncccc12. The minimum Gasteiger partial charge on any atom is -0.324 e. The van der Waals surface area contributed by atoms with Crippen LogP contribution in [0.15, 0.2) is 36.5 Å². The second-order valence-electron chi connectivity index (χ2n) is 4.61.